The van der Waals surface area contributed by atoms with E-state index in [1.807, 2.05) is 60.7 Å². The van der Waals surface area contributed by atoms with Gasteiger partial charge in [0.05, 0.1) is 6.20 Å². The van der Waals surface area contributed by atoms with Crippen LogP contribution in [0.5, 0.6) is 0 Å². The first kappa shape index (κ1) is 20.8. The minimum Gasteiger partial charge on any atom is -0.382 e. The molecule has 6 nitrogen and oxygen atoms in total. The minimum absolute atomic E-state index is 0.140. The van der Waals surface area contributed by atoms with Gasteiger partial charge in [-0.15, -0.1) is 0 Å². The average Bonchev–Trinajstić information content (AvgIpc) is 2.72. The van der Waals surface area contributed by atoms with Crippen molar-refractivity contribution >= 4 is 46.4 Å². The van der Waals surface area contributed by atoms with Gasteiger partial charge in [0, 0.05) is 11.1 Å². The smallest absolute Gasteiger partial charge is 0.171 e. The molecule has 2 aromatic carbocycles. The normalized spacial score (nSPS) is 10.2. The van der Waals surface area contributed by atoms with Crippen molar-refractivity contribution in [2.24, 2.45) is 0 Å². The summed E-state index contributed by atoms with van der Waals surface area (Å²) in [5.74, 6) is 0.469. The van der Waals surface area contributed by atoms with E-state index < -0.39 is 0 Å². The summed E-state index contributed by atoms with van der Waals surface area (Å²) in [6, 6.07) is 19.1. The Hall–Kier alpha value is -2.93. The van der Waals surface area contributed by atoms with Gasteiger partial charge in [0.25, 0.3) is 0 Å². The number of benzene rings is 2. The summed E-state index contributed by atoms with van der Waals surface area (Å²) in [5.41, 5.74) is 13.9. The Morgan fingerprint density at radius 2 is 1.10 bits per heavy atom. The number of hydrogen-bond acceptors (Lipinski definition) is 6. The van der Waals surface area contributed by atoms with Crippen LogP contribution in [0, 0.1) is 0 Å². The van der Waals surface area contributed by atoms with E-state index in [4.69, 9.17) is 46.3 Å². The molecule has 2 aromatic heterocycles. The number of halogens is 3. The fraction of sp³-hybridized carbons (Fsp3) is 0. The van der Waals surface area contributed by atoms with Crippen LogP contribution in [0.25, 0.3) is 22.5 Å². The third-order valence-corrected chi connectivity index (χ3v) is 4.48. The van der Waals surface area contributed by atoms with Crippen molar-refractivity contribution in [3.8, 4) is 22.5 Å². The lowest BCUT2D eigenvalue weighted by molar-refractivity contribution is 1.21. The molecule has 0 aliphatic heterocycles. The molecule has 0 unspecified atom stereocenters. The summed E-state index contributed by atoms with van der Waals surface area (Å²) >= 11 is 17.6. The zero-order valence-corrected chi connectivity index (χ0v) is 17.2. The van der Waals surface area contributed by atoms with Crippen LogP contribution in [0.4, 0.5) is 11.6 Å². The molecular weight excluding hydrogens is 431 g/mol. The number of nitrogens with zero attached hydrogens (tertiary/aromatic N) is 4. The highest BCUT2D eigenvalue weighted by Crippen LogP contribution is 2.28. The van der Waals surface area contributed by atoms with E-state index >= 15 is 0 Å². The zero-order valence-electron chi connectivity index (χ0n) is 14.9. The first-order valence-electron chi connectivity index (χ1n) is 8.33. The number of nitrogens with two attached hydrogens (primary N) is 2. The highest BCUT2D eigenvalue weighted by Gasteiger charge is 2.10. The van der Waals surface area contributed by atoms with Crippen molar-refractivity contribution in [1.29, 1.82) is 0 Å². The Kier molecular flexibility index (Phi) is 6.82. The highest BCUT2D eigenvalue weighted by molar-refractivity contribution is 6.34. The van der Waals surface area contributed by atoms with E-state index in [1.54, 1.807) is 0 Å². The van der Waals surface area contributed by atoms with E-state index in [0.717, 1.165) is 11.1 Å². The maximum atomic E-state index is 5.92. The third kappa shape index (κ3) is 5.32. The molecule has 0 aliphatic carbocycles. The number of rotatable bonds is 2. The molecule has 0 amide bonds. The summed E-state index contributed by atoms with van der Waals surface area (Å²) < 4.78 is 0. The number of anilines is 2. The van der Waals surface area contributed by atoms with Gasteiger partial charge in [0.15, 0.2) is 21.3 Å². The Labute approximate surface area is 182 Å². The maximum Gasteiger partial charge on any atom is 0.171 e. The maximum absolute atomic E-state index is 5.92. The molecule has 0 fully saturated rings. The van der Waals surface area contributed by atoms with Crippen molar-refractivity contribution in [1.82, 2.24) is 19.9 Å². The van der Waals surface area contributed by atoms with Gasteiger partial charge in [0.1, 0.15) is 17.2 Å². The third-order valence-electron chi connectivity index (χ3n) is 3.68. The van der Waals surface area contributed by atoms with Crippen LogP contribution in [0.15, 0.2) is 66.9 Å². The number of aromatic nitrogens is 4. The van der Waals surface area contributed by atoms with Crippen LogP contribution in [-0.2, 0) is 0 Å². The first-order chi connectivity index (χ1) is 14.0. The largest absolute Gasteiger partial charge is 0.382 e. The zero-order chi connectivity index (χ0) is 20.8. The molecule has 4 N–H and O–H groups in total. The lowest BCUT2D eigenvalue weighted by Crippen LogP contribution is -1.97. The molecule has 4 rings (SSSR count). The minimum atomic E-state index is 0.140. The van der Waals surface area contributed by atoms with Crippen molar-refractivity contribution in [2.75, 3.05) is 11.5 Å². The Morgan fingerprint density at radius 3 is 1.66 bits per heavy atom. The molecular formula is C20H15Cl3N6. The van der Waals surface area contributed by atoms with Crippen molar-refractivity contribution in [3.63, 3.8) is 0 Å². The van der Waals surface area contributed by atoms with E-state index in [2.05, 4.69) is 19.9 Å². The van der Waals surface area contributed by atoms with E-state index in [0.29, 0.717) is 22.4 Å². The summed E-state index contributed by atoms with van der Waals surface area (Å²) in [4.78, 5) is 16.0. The van der Waals surface area contributed by atoms with Gasteiger partial charge in [-0.2, -0.15) is 0 Å². The molecule has 0 bridgehead atoms. The molecule has 0 saturated heterocycles. The van der Waals surface area contributed by atoms with Gasteiger partial charge >= 0.3 is 0 Å². The molecule has 2 heterocycles. The standard InChI is InChI=1S/C10H7Cl2N3.C10H8ClN3/c11-8-7(6-4-2-1-3-5-6)14-9(12)10(13)15-8;11-10-9(13-6-8(12)14-10)7-4-2-1-3-5-7/h1-5H,(H2,13,15);1-6H,(H2,12,14). The van der Waals surface area contributed by atoms with Crippen LogP contribution in [-0.4, -0.2) is 19.9 Å². The van der Waals surface area contributed by atoms with E-state index in [9.17, 15) is 0 Å². The Morgan fingerprint density at radius 1 is 0.586 bits per heavy atom. The molecule has 0 saturated carbocycles. The highest BCUT2D eigenvalue weighted by atomic mass is 35.5. The van der Waals surface area contributed by atoms with E-state index in [-0.39, 0.29) is 16.1 Å². The predicted octanol–water partition coefficient (Wildman–Crippen LogP) is 5.41. The van der Waals surface area contributed by atoms with Crippen molar-refractivity contribution in [2.45, 2.75) is 0 Å². The van der Waals surface area contributed by atoms with Crippen molar-refractivity contribution < 1.29 is 0 Å². The second-order valence-electron chi connectivity index (χ2n) is 5.71. The number of hydrogen-bond donors (Lipinski definition) is 2. The molecule has 0 aliphatic rings. The van der Waals surface area contributed by atoms with Crippen LogP contribution in [0.3, 0.4) is 0 Å². The van der Waals surface area contributed by atoms with Gasteiger partial charge in [0.2, 0.25) is 0 Å². The summed E-state index contributed by atoms with van der Waals surface area (Å²) in [6.07, 6.45) is 1.49. The van der Waals surface area contributed by atoms with Crippen LogP contribution >= 0.6 is 34.8 Å². The summed E-state index contributed by atoms with van der Waals surface area (Å²) in [5, 5.41) is 0.748. The summed E-state index contributed by atoms with van der Waals surface area (Å²) in [7, 11) is 0. The molecule has 146 valence electrons. The van der Waals surface area contributed by atoms with Gasteiger partial charge in [-0.3, -0.25) is 0 Å². The van der Waals surface area contributed by atoms with E-state index in [1.165, 1.54) is 6.20 Å². The topological polar surface area (TPSA) is 104 Å². The van der Waals surface area contributed by atoms with Crippen LogP contribution in [0.1, 0.15) is 0 Å². The molecule has 9 heteroatoms. The molecule has 0 radical (unpaired) electrons. The van der Waals surface area contributed by atoms with Crippen LogP contribution < -0.4 is 11.5 Å². The van der Waals surface area contributed by atoms with Crippen molar-refractivity contribution in [3.05, 3.63) is 82.3 Å². The molecule has 29 heavy (non-hydrogen) atoms. The second-order valence-corrected chi connectivity index (χ2v) is 6.78. The average molecular weight is 446 g/mol. The van der Waals surface area contributed by atoms with Gasteiger partial charge in [-0.1, -0.05) is 95.5 Å². The SMILES string of the molecule is Nc1cnc(-c2ccccc2)c(Cl)n1.Nc1nc(Cl)c(-c2ccccc2)nc1Cl. The van der Waals surface area contributed by atoms with Gasteiger partial charge in [-0.25, -0.2) is 19.9 Å². The molecule has 4 aromatic rings. The van der Waals surface area contributed by atoms with Gasteiger partial charge < -0.3 is 11.5 Å². The Balaban J connectivity index is 0.000000166. The van der Waals surface area contributed by atoms with Gasteiger partial charge in [-0.05, 0) is 0 Å². The first-order valence-corrected chi connectivity index (χ1v) is 9.46. The van der Waals surface area contributed by atoms with Crippen LogP contribution in [0.2, 0.25) is 15.5 Å². The fourth-order valence-corrected chi connectivity index (χ4v) is 2.98. The number of nitrogen functional groups attached to an aromatic ring is 2. The quantitative estimate of drug-likeness (QED) is 0.427. The second kappa shape index (κ2) is 9.52. The lowest BCUT2D eigenvalue weighted by atomic mass is 10.2. The monoisotopic (exact) mass is 444 g/mol. The molecule has 0 spiro atoms. The predicted molar refractivity (Wildman–Crippen MR) is 119 cm³/mol. The Bertz CT molecular complexity index is 1110. The lowest BCUT2D eigenvalue weighted by Gasteiger charge is -2.04. The summed E-state index contributed by atoms with van der Waals surface area (Å²) in [6.45, 7) is 0. The fourth-order valence-electron chi connectivity index (χ4n) is 2.35. The molecule has 0 atom stereocenters.